The summed E-state index contributed by atoms with van der Waals surface area (Å²) in [5, 5.41) is 2.84. The molecule has 156 valence electrons. The van der Waals surface area contributed by atoms with Gasteiger partial charge in [-0.3, -0.25) is 9.10 Å². The molecule has 1 N–H and O–H groups in total. The fourth-order valence-corrected chi connectivity index (χ4v) is 4.11. The third-order valence-corrected chi connectivity index (χ3v) is 6.52. The second-order valence-corrected chi connectivity index (χ2v) is 9.03. The van der Waals surface area contributed by atoms with Crippen molar-refractivity contribution in [2.75, 3.05) is 36.4 Å². The standard InChI is InChI=1S/C21H26N2O5S/c1-3-29(25,26)23(18-9-10-19-20(13-18)28-12-11-27-19)15-21(24)22-14-16(2)17-7-5-4-6-8-17/h4-10,13,16H,3,11-12,14-15H2,1-2H3,(H,22,24). The number of benzene rings is 2. The van der Waals surface area contributed by atoms with Gasteiger partial charge in [0.1, 0.15) is 19.8 Å². The fourth-order valence-electron chi connectivity index (χ4n) is 3.05. The van der Waals surface area contributed by atoms with E-state index in [0.717, 1.165) is 9.87 Å². The molecule has 0 saturated heterocycles. The van der Waals surface area contributed by atoms with Gasteiger partial charge in [0.25, 0.3) is 0 Å². The van der Waals surface area contributed by atoms with Crippen LogP contribution in [0.3, 0.4) is 0 Å². The summed E-state index contributed by atoms with van der Waals surface area (Å²) in [5.74, 6) is 0.679. The van der Waals surface area contributed by atoms with E-state index in [9.17, 15) is 13.2 Å². The van der Waals surface area contributed by atoms with Crippen LogP contribution in [-0.2, 0) is 14.8 Å². The van der Waals surface area contributed by atoms with E-state index in [1.54, 1.807) is 25.1 Å². The number of amides is 1. The Kier molecular flexibility index (Phi) is 6.64. The van der Waals surface area contributed by atoms with Gasteiger partial charge in [-0.1, -0.05) is 37.3 Å². The topological polar surface area (TPSA) is 84.9 Å². The van der Waals surface area contributed by atoms with Gasteiger partial charge in [0.2, 0.25) is 15.9 Å². The molecule has 3 rings (SSSR count). The molecule has 1 aliphatic rings. The van der Waals surface area contributed by atoms with Gasteiger partial charge in [-0.15, -0.1) is 0 Å². The van der Waals surface area contributed by atoms with Crippen LogP contribution in [0.25, 0.3) is 0 Å². The van der Waals surface area contributed by atoms with Crippen molar-refractivity contribution >= 4 is 21.6 Å². The second-order valence-electron chi connectivity index (χ2n) is 6.85. The highest BCUT2D eigenvalue weighted by Gasteiger charge is 2.25. The smallest absolute Gasteiger partial charge is 0.240 e. The van der Waals surface area contributed by atoms with Gasteiger partial charge in [-0.05, 0) is 30.5 Å². The number of sulfonamides is 1. The summed E-state index contributed by atoms with van der Waals surface area (Å²) in [6.45, 7) is 4.54. The number of hydrogen-bond acceptors (Lipinski definition) is 5. The lowest BCUT2D eigenvalue weighted by atomic mass is 10.0. The van der Waals surface area contributed by atoms with E-state index in [-0.39, 0.29) is 24.1 Å². The summed E-state index contributed by atoms with van der Waals surface area (Å²) in [4.78, 5) is 12.5. The van der Waals surface area contributed by atoms with Crippen molar-refractivity contribution in [2.24, 2.45) is 0 Å². The highest BCUT2D eigenvalue weighted by molar-refractivity contribution is 7.92. The lowest BCUT2D eigenvalue weighted by molar-refractivity contribution is -0.119. The second kappa shape index (κ2) is 9.17. The third kappa shape index (κ3) is 5.20. The van der Waals surface area contributed by atoms with Gasteiger partial charge in [-0.2, -0.15) is 0 Å². The number of ether oxygens (including phenoxy) is 2. The molecule has 29 heavy (non-hydrogen) atoms. The maximum absolute atomic E-state index is 12.6. The minimum Gasteiger partial charge on any atom is -0.486 e. The van der Waals surface area contributed by atoms with Gasteiger partial charge < -0.3 is 14.8 Å². The Morgan fingerprint density at radius 1 is 1.10 bits per heavy atom. The van der Waals surface area contributed by atoms with E-state index in [1.807, 2.05) is 37.3 Å². The fraction of sp³-hybridized carbons (Fsp3) is 0.381. The molecule has 7 nitrogen and oxygen atoms in total. The number of anilines is 1. The summed E-state index contributed by atoms with van der Waals surface area (Å²) < 4.78 is 37.4. The van der Waals surface area contributed by atoms with Gasteiger partial charge >= 0.3 is 0 Å². The van der Waals surface area contributed by atoms with E-state index < -0.39 is 10.0 Å². The zero-order valence-electron chi connectivity index (χ0n) is 16.6. The van der Waals surface area contributed by atoms with Crippen molar-refractivity contribution in [3.63, 3.8) is 0 Å². The molecule has 1 amide bonds. The van der Waals surface area contributed by atoms with Crippen LogP contribution in [0.2, 0.25) is 0 Å². The van der Waals surface area contributed by atoms with Gasteiger partial charge in [-0.25, -0.2) is 8.42 Å². The number of nitrogens with zero attached hydrogens (tertiary/aromatic N) is 1. The average molecular weight is 419 g/mol. The van der Waals surface area contributed by atoms with Crippen molar-refractivity contribution < 1.29 is 22.7 Å². The first-order valence-electron chi connectivity index (χ1n) is 9.62. The van der Waals surface area contributed by atoms with Crippen LogP contribution in [0.15, 0.2) is 48.5 Å². The van der Waals surface area contributed by atoms with Crippen LogP contribution in [-0.4, -0.2) is 46.4 Å². The molecule has 1 atom stereocenters. The van der Waals surface area contributed by atoms with Crippen LogP contribution >= 0.6 is 0 Å². The minimum atomic E-state index is -3.65. The molecule has 0 radical (unpaired) electrons. The Morgan fingerprint density at radius 2 is 1.79 bits per heavy atom. The number of carbonyl (C=O) groups is 1. The maximum atomic E-state index is 12.6. The zero-order chi connectivity index (χ0) is 20.9. The van der Waals surface area contributed by atoms with E-state index in [2.05, 4.69) is 5.32 Å². The molecule has 2 aromatic rings. The summed E-state index contributed by atoms with van der Waals surface area (Å²) in [6, 6.07) is 14.7. The highest BCUT2D eigenvalue weighted by Crippen LogP contribution is 2.34. The Morgan fingerprint density at radius 3 is 2.48 bits per heavy atom. The number of nitrogens with one attached hydrogen (secondary N) is 1. The Labute approximate surface area is 171 Å². The zero-order valence-corrected chi connectivity index (χ0v) is 17.4. The summed E-state index contributed by atoms with van der Waals surface area (Å²) in [6.07, 6.45) is 0. The molecule has 1 unspecified atom stereocenters. The lowest BCUT2D eigenvalue weighted by Gasteiger charge is -2.26. The molecule has 1 aliphatic heterocycles. The predicted octanol–water partition coefficient (Wildman–Crippen LogP) is 2.53. The number of carbonyl (C=O) groups excluding carboxylic acids is 1. The van der Waals surface area contributed by atoms with Crippen LogP contribution < -0.4 is 19.1 Å². The van der Waals surface area contributed by atoms with Gasteiger partial charge in [0.15, 0.2) is 11.5 Å². The van der Waals surface area contributed by atoms with Gasteiger partial charge in [0, 0.05) is 12.6 Å². The molecular formula is C21H26N2O5S. The maximum Gasteiger partial charge on any atom is 0.240 e. The molecule has 1 heterocycles. The van der Waals surface area contributed by atoms with Crippen LogP contribution in [0.4, 0.5) is 5.69 Å². The first-order valence-corrected chi connectivity index (χ1v) is 11.2. The molecular weight excluding hydrogens is 392 g/mol. The molecule has 0 aromatic heterocycles. The summed E-state index contributed by atoms with van der Waals surface area (Å²) >= 11 is 0. The minimum absolute atomic E-state index is 0.116. The largest absolute Gasteiger partial charge is 0.486 e. The first kappa shape index (κ1) is 21.0. The Hall–Kier alpha value is -2.74. The van der Waals surface area contributed by atoms with Crippen molar-refractivity contribution in [3.8, 4) is 11.5 Å². The monoisotopic (exact) mass is 418 g/mol. The number of fused-ring (bicyclic) bond motifs is 1. The van der Waals surface area contributed by atoms with Crippen LogP contribution in [0, 0.1) is 0 Å². The van der Waals surface area contributed by atoms with Crippen molar-refractivity contribution in [3.05, 3.63) is 54.1 Å². The summed E-state index contributed by atoms with van der Waals surface area (Å²) in [7, 11) is -3.65. The SMILES string of the molecule is CCS(=O)(=O)N(CC(=O)NCC(C)c1ccccc1)c1ccc2c(c1)OCCO2. The van der Waals surface area contributed by atoms with Gasteiger partial charge in [0.05, 0.1) is 11.4 Å². The van der Waals surface area contributed by atoms with Crippen LogP contribution in [0.5, 0.6) is 11.5 Å². The third-order valence-electron chi connectivity index (χ3n) is 4.78. The number of hydrogen-bond donors (Lipinski definition) is 1. The molecule has 0 spiro atoms. The average Bonchev–Trinajstić information content (AvgIpc) is 2.76. The first-order chi connectivity index (χ1) is 13.9. The summed E-state index contributed by atoms with van der Waals surface area (Å²) in [5.41, 5.74) is 1.49. The van der Waals surface area contributed by atoms with Crippen molar-refractivity contribution in [1.29, 1.82) is 0 Å². The van der Waals surface area contributed by atoms with Crippen LogP contribution in [0.1, 0.15) is 25.3 Å². The van der Waals surface area contributed by atoms with E-state index in [0.29, 0.717) is 36.9 Å². The van der Waals surface area contributed by atoms with E-state index in [1.165, 1.54) is 0 Å². The van der Waals surface area contributed by atoms with E-state index in [4.69, 9.17) is 9.47 Å². The highest BCUT2D eigenvalue weighted by atomic mass is 32.2. The van der Waals surface area contributed by atoms with Crippen molar-refractivity contribution in [2.45, 2.75) is 19.8 Å². The van der Waals surface area contributed by atoms with E-state index >= 15 is 0 Å². The normalized spacial score (nSPS) is 14.1. The molecule has 0 bridgehead atoms. The molecule has 0 aliphatic carbocycles. The molecule has 0 fully saturated rings. The molecule has 8 heteroatoms. The van der Waals surface area contributed by atoms with Crippen molar-refractivity contribution in [1.82, 2.24) is 5.32 Å². The molecule has 0 saturated carbocycles. The lowest BCUT2D eigenvalue weighted by Crippen LogP contribution is -2.42. The number of rotatable bonds is 8. The Bertz CT molecular complexity index is 947. The predicted molar refractivity (Wildman–Crippen MR) is 112 cm³/mol. The molecule has 2 aromatic carbocycles. The quantitative estimate of drug-likeness (QED) is 0.712. The Balaban J connectivity index is 1.72.